The van der Waals surface area contributed by atoms with Gasteiger partial charge in [-0.25, -0.2) is 0 Å². The van der Waals surface area contributed by atoms with E-state index in [0.29, 0.717) is 17.7 Å². The van der Waals surface area contributed by atoms with Crippen molar-refractivity contribution in [2.75, 3.05) is 27.2 Å². The molecule has 0 radical (unpaired) electrons. The van der Waals surface area contributed by atoms with Gasteiger partial charge in [-0.15, -0.1) is 0 Å². The Bertz CT molecular complexity index is 350. The lowest BCUT2D eigenvalue weighted by Gasteiger charge is -2.30. The molecule has 20 heavy (non-hydrogen) atoms. The van der Waals surface area contributed by atoms with E-state index < -0.39 is 31.1 Å². The molecule has 2 amide bonds. The van der Waals surface area contributed by atoms with Gasteiger partial charge in [-0.05, 0) is 12.8 Å². The SMILES string of the molecule is CN(C)C(=O)CN(CC(F)(F)F)C(=O)C1CCCCC1. The topological polar surface area (TPSA) is 40.6 Å². The maximum atomic E-state index is 12.6. The van der Waals surface area contributed by atoms with Gasteiger partial charge in [0.1, 0.15) is 13.1 Å². The highest BCUT2D eigenvalue weighted by molar-refractivity contribution is 5.85. The Balaban J connectivity index is 2.74. The molecule has 0 aromatic rings. The van der Waals surface area contributed by atoms with Crippen molar-refractivity contribution in [3.8, 4) is 0 Å². The van der Waals surface area contributed by atoms with Gasteiger partial charge in [0.05, 0.1) is 0 Å². The summed E-state index contributed by atoms with van der Waals surface area (Å²) in [5.41, 5.74) is 0. The van der Waals surface area contributed by atoms with Crippen LogP contribution in [0, 0.1) is 5.92 Å². The number of carbonyl (C=O) groups is 2. The molecule has 1 aliphatic rings. The molecule has 0 atom stereocenters. The summed E-state index contributed by atoms with van der Waals surface area (Å²) in [6.07, 6.45) is -0.529. The molecular weight excluding hydrogens is 273 g/mol. The summed E-state index contributed by atoms with van der Waals surface area (Å²) in [6, 6.07) is 0. The predicted molar refractivity (Wildman–Crippen MR) is 67.9 cm³/mol. The van der Waals surface area contributed by atoms with E-state index in [1.165, 1.54) is 19.0 Å². The Morgan fingerprint density at radius 3 is 2.10 bits per heavy atom. The zero-order chi connectivity index (χ0) is 15.3. The van der Waals surface area contributed by atoms with Crippen molar-refractivity contribution in [1.82, 2.24) is 9.80 Å². The first-order valence-corrected chi connectivity index (χ1v) is 6.76. The fourth-order valence-electron chi connectivity index (χ4n) is 2.34. The van der Waals surface area contributed by atoms with E-state index in [1.54, 1.807) is 0 Å². The van der Waals surface area contributed by atoms with Crippen molar-refractivity contribution in [3.05, 3.63) is 0 Å². The number of halogens is 3. The summed E-state index contributed by atoms with van der Waals surface area (Å²) >= 11 is 0. The van der Waals surface area contributed by atoms with E-state index in [2.05, 4.69) is 0 Å². The minimum absolute atomic E-state index is 0.374. The quantitative estimate of drug-likeness (QED) is 0.796. The van der Waals surface area contributed by atoms with Crippen molar-refractivity contribution >= 4 is 11.8 Å². The predicted octanol–water partition coefficient (Wildman–Crippen LogP) is 2.05. The third-order valence-electron chi connectivity index (χ3n) is 3.46. The van der Waals surface area contributed by atoms with Crippen LogP contribution in [-0.2, 0) is 9.59 Å². The highest BCUT2D eigenvalue weighted by Crippen LogP contribution is 2.27. The first-order valence-electron chi connectivity index (χ1n) is 6.76. The molecule has 1 fully saturated rings. The third kappa shape index (κ3) is 5.38. The molecule has 7 heteroatoms. The van der Waals surface area contributed by atoms with Gasteiger partial charge in [-0.1, -0.05) is 19.3 Å². The van der Waals surface area contributed by atoms with E-state index in [-0.39, 0.29) is 5.92 Å². The number of hydrogen-bond acceptors (Lipinski definition) is 2. The zero-order valence-electron chi connectivity index (χ0n) is 11.9. The summed E-state index contributed by atoms with van der Waals surface area (Å²) in [5, 5.41) is 0. The number of rotatable bonds is 4. The van der Waals surface area contributed by atoms with E-state index >= 15 is 0 Å². The molecule has 0 saturated heterocycles. The number of hydrogen-bond donors (Lipinski definition) is 0. The van der Waals surface area contributed by atoms with Crippen molar-refractivity contribution in [1.29, 1.82) is 0 Å². The molecule has 0 aromatic heterocycles. The minimum atomic E-state index is -4.49. The van der Waals surface area contributed by atoms with Crippen molar-refractivity contribution in [2.45, 2.75) is 38.3 Å². The van der Waals surface area contributed by atoms with Crippen LogP contribution in [0.15, 0.2) is 0 Å². The number of alkyl halides is 3. The average molecular weight is 294 g/mol. The Morgan fingerprint density at radius 1 is 1.10 bits per heavy atom. The van der Waals surface area contributed by atoms with E-state index in [1.807, 2.05) is 0 Å². The molecule has 116 valence electrons. The summed E-state index contributed by atoms with van der Waals surface area (Å²) in [6.45, 7) is -1.87. The minimum Gasteiger partial charge on any atom is -0.347 e. The molecular formula is C13H21F3N2O2. The highest BCUT2D eigenvalue weighted by Gasteiger charge is 2.36. The van der Waals surface area contributed by atoms with E-state index in [4.69, 9.17) is 0 Å². The molecule has 1 rings (SSSR count). The molecule has 0 unspecified atom stereocenters. The fraction of sp³-hybridized carbons (Fsp3) is 0.846. The van der Waals surface area contributed by atoms with E-state index in [0.717, 1.165) is 19.3 Å². The largest absolute Gasteiger partial charge is 0.406 e. The molecule has 0 spiro atoms. The van der Waals surface area contributed by atoms with Gasteiger partial charge in [-0.3, -0.25) is 9.59 Å². The van der Waals surface area contributed by atoms with Crippen molar-refractivity contribution in [2.24, 2.45) is 5.92 Å². The van der Waals surface area contributed by atoms with Crippen LogP contribution in [0.5, 0.6) is 0 Å². The van der Waals surface area contributed by atoms with Crippen LogP contribution in [0.2, 0.25) is 0 Å². The first kappa shape index (κ1) is 16.8. The molecule has 1 aliphatic carbocycles. The van der Waals surface area contributed by atoms with Gasteiger partial charge in [0.2, 0.25) is 11.8 Å². The highest BCUT2D eigenvalue weighted by atomic mass is 19.4. The Morgan fingerprint density at radius 2 is 1.65 bits per heavy atom. The monoisotopic (exact) mass is 294 g/mol. The van der Waals surface area contributed by atoms with Gasteiger partial charge < -0.3 is 9.80 Å². The van der Waals surface area contributed by atoms with Crippen LogP contribution in [0.25, 0.3) is 0 Å². The maximum Gasteiger partial charge on any atom is 0.406 e. The summed E-state index contributed by atoms with van der Waals surface area (Å²) < 4.78 is 37.7. The van der Waals surface area contributed by atoms with E-state index in [9.17, 15) is 22.8 Å². The molecule has 4 nitrogen and oxygen atoms in total. The van der Waals surface area contributed by atoms with Gasteiger partial charge in [0.15, 0.2) is 0 Å². The van der Waals surface area contributed by atoms with Gasteiger partial charge in [0, 0.05) is 20.0 Å². The summed E-state index contributed by atoms with van der Waals surface area (Å²) in [4.78, 5) is 25.6. The Labute approximate surface area is 116 Å². The number of likely N-dealkylation sites (N-methyl/N-ethyl adjacent to an activating group) is 1. The van der Waals surface area contributed by atoms with Crippen molar-refractivity contribution in [3.63, 3.8) is 0 Å². The Kier molecular flexibility index (Phi) is 5.83. The molecule has 0 heterocycles. The van der Waals surface area contributed by atoms with Crippen LogP contribution in [0.1, 0.15) is 32.1 Å². The third-order valence-corrected chi connectivity index (χ3v) is 3.46. The van der Waals surface area contributed by atoms with Crippen LogP contribution in [-0.4, -0.2) is 55.0 Å². The number of nitrogens with zero attached hydrogens (tertiary/aromatic N) is 2. The molecule has 0 aromatic carbocycles. The molecule has 0 bridgehead atoms. The summed E-state index contributed by atoms with van der Waals surface area (Å²) in [7, 11) is 2.92. The lowest BCUT2D eigenvalue weighted by Crippen LogP contribution is -2.47. The standard InChI is InChI=1S/C13H21F3N2O2/c1-17(2)11(19)8-18(9-13(14,15)16)12(20)10-6-4-3-5-7-10/h10H,3-9H2,1-2H3. The van der Waals surface area contributed by atoms with Gasteiger partial charge >= 0.3 is 6.18 Å². The average Bonchev–Trinajstić information content (AvgIpc) is 2.36. The number of amides is 2. The van der Waals surface area contributed by atoms with Gasteiger partial charge in [-0.2, -0.15) is 13.2 Å². The lowest BCUT2D eigenvalue weighted by molar-refractivity contribution is -0.167. The zero-order valence-corrected chi connectivity index (χ0v) is 11.9. The lowest BCUT2D eigenvalue weighted by atomic mass is 9.88. The van der Waals surface area contributed by atoms with Crippen LogP contribution in [0.4, 0.5) is 13.2 Å². The molecule has 0 aliphatic heterocycles. The van der Waals surface area contributed by atoms with Gasteiger partial charge in [0.25, 0.3) is 0 Å². The molecule has 1 saturated carbocycles. The Hall–Kier alpha value is -1.27. The second-order valence-corrected chi connectivity index (χ2v) is 5.43. The fourth-order valence-corrected chi connectivity index (χ4v) is 2.34. The normalized spacial score (nSPS) is 16.9. The smallest absolute Gasteiger partial charge is 0.347 e. The number of carbonyl (C=O) groups excluding carboxylic acids is 2. The summed E-state index contributed by atoms with van der Waals surface area (Å²) in [5.74, 6) is -1.42. The van der Waals surface area contributed by atoms with Crippen molar-refractivity contribution < 1.29 is 22.8 Å². The van der Waals surface area contributed by atoms with Crippen LogP contribution in [0.3, 0.4) is 0 Å². The molecule has 0 N–H and O–H groups in total. The van der Waals surface area contributed by atoms with Crippen LogP contribution >= 0.6 is 0 Å². The van der Waals surface area contributed by atoms with Crippen LogP contribution < -0.4 is 0 Å². The first-order chi connectivity index (χ1) is 9.20. The maximum absolute atomic E-state index is 12.6. The second-order valence-electron chi connectivity index (χ2n) is 5.43. The second kappa shape index (κ2) is 6.95.